The van der Waals surface area contributed by atoms with Crippen LogP contribution in [0.5, 0.6) is 0 Å². The SMILES string of the molecule is Cc1nc2c(c(=O)n1-c1ccccn1)C(Cl)CC=C2. The van der Waals surface area contributed by atoms with Crippen LogP contribution in [-0.4, -0.2) is 14.5 Å². The fourth-order valence-corrected chi connectivity index (χ4v) is 2.56. The monoisotopic (exact) mass is 273 g/mol. The summed E-state index contributed by atoms with van der Waals surface area (Å²) in [5.41, 5.74) is 1.09. The highest BCUT2D eigenvalue weighted by Gasteiger charge is 2.22. The fraction of sp³-hybridized carbons (Fsp3) is 0.214. The lowest BCUT2D eigenvalue weighted by atomic mass is 10.0. The second kappa shape index (κ2) is 4.63. The van der Waals surface area contributed by atoms with E-state index < -0.39 is 0 Å². The summed E-state index contributed by atoms with van der Waals surface area (Å²) in [6.07, 6.45) is 6.10. The van der Waals surface area contributed by atoms with Crippen molar-refractivity contribution >= 4 is 17.7 Å². The van der Waals surface area contributed by atoms with E-state index in [1.54, 1.807) is 19.2 Å². The Balaban J connectivity index is 2.31. The molecule has 0 saturated carbocycles. The second-order valence-electron chi connectivity index (χ2n) is 4.39. The maximum atomic E-state index is 12.6. The molecule has 0 aromatic carbocycles. The topological polar surface area (TPSA) is 47.8 Å². The molecule has 2 aromatic rings. The molecule has 1 unspecified atom stereocenters. The molecule has 1 atom stereocenters. The van der Waals surface area contributed by atoms with Gasteiger partial charge in [0, 0.05) is 6.20 Å². The molecule has 3 rings (SSSR count). The minimum absolute atomic E-state index is 0.134. The van der Waals surface area contributed by atoms with E-state index in [1.807, 2.05) is 24.3 Å². The van der Waals surface area contributed by atoms with E-state index in [1.165, 1.54) is 4.57 Å². The first kappa shape index (κ1) is 12.1. The average molecular weight is 274 g/mol. The number of hydrogen-bond donors (Lipinski definition) is 0. The molecule has 0 radical (unpaired) electrons. The maximum absolute atomic E-state index is 12.6. The number of nitrogens with zero attached hydrogens (tertiary/aromatic N) is 3. The molecule has 5 heteroatoms. The van der Waals surface area contributed by atoms with Gasteiger partial charge in [0.15, 0.2) is 0 Å². The molecule has 0 amide bonds. The van der Waals surface area contributed by atoms with Crippen LogP contribution in [0.2, 0.25) is 0 Å². The highest BCUT2D eigenvalue weighted by molar-refractivity contribution is 6.21. The van der Waals surface area contributed by atoms with Crippen molar-refractivity contribution in [3.05, 3.63) is 57.9 Å². The van der Waals surface area contributed by atoms with E-state index in [-0.39, 0.29) is 10.9 Å². The van der Waals surface area contributed by atoms with E-state index in [4.69, 9.17) is 11.6 Å². The van der Waals surface area contributed by atoms with Crippen molar-refractivity contribution in [1.29, 1.82) is 0 Å². The molecule has 0 bridgehead atoms. The summed E-state index contributed by atoms with van der Waals surface area (Å²) in [6, 6.07) is 5.43. The van der Waals surface area contributed by atoms with Gasteiger partial charge in [0.05, 0.1) is 16.6 Å². The fourth-order valence-electron chi connectivity index (χ4n) is 2.26. The number of fused-ring (bicyclic) bond motifs is 1. The number of pyridine rings is 1. The van der Waals surface area contributed by atoms with Gasteiger partial charge in [-0.25, -0.2) is 14.5 Å². The Kier molecular flexibility index (Phi) is 2.95. The Morgan fingerprint density at radius 2 is 2.26 bits per heavy atom. The molecule has 19 heavy (non-hydrogen) atoms. The highest BCUT2D eigenvalue weighted by atomic mass is 35.5. The molecule has 2 heterocycles. The summed E-state index contributed by atoms with van der Waals surface area (Å²) < 4.78 is 1.51. The summed E-state index contributed by atoms with van der Waals surface area (Å²) in [6.45, 7) is 1.79. The Hall–Kier alpha value is -1.94. The van der Waals surface area contributed by atoms with Gasteiger partial charge in [0.2, 0.25) is 0 Å². The molecule has 4 nitrogen and oxygen atoms in total. The molecule has 0 fully saturated rings. The van der Waals surface area contributed by atoms with E-state index in [2.05, 4.69) is 9.97 Å². The van der Waals surface area contributed by atoms with Gasteiger partial charge in [0.25, 0.3) is 5.56 Å². The van der Waals surface area contributed by atoms with E-state index in [0.29, 0.717) is 29.3 Å². The summed E-state index contributed by atoms with van der Waals surface area (Å²) in [5.74, 6) is 1.18. The number of halogens is 1. The normalized spacial score (nSPS) is 17.3. The second-order valence-corrected chi connectivity index (χ2v) is 4.92. The number of rotatable bonds is 1. The molecule has 0 aliphatic heterocycles. The van der Waals surface area contributed by atoms with Gasteiger partial charge >= 0.3 is 0 Å². The molecule has 1 aliphatic carbocycles. The molecule has 2 aromatic heterocycles. The number of aromatic nitrogens is 3. The molecule has 0 saturated heterocycles. The number of hydrogen-bond acceptors (Lipinski definition) is 3. The van der Waals surface area contributed by atoms with E-state index >= 15 is 0 Å². The van der Waals surface area contributed by atoms with Gasteiger partial charge in [-0.3, -0.25) is 4.79 Å². The average Bonchev–Trinajstić information content (AvgIpc) is 2.39. The maximum Gasteiger partial charge on any atom is 0.264 e. The number of alkyl halides is 1. The van der Waals surface area contributed by atoms with Gasteiger partial charge in [-0.05, 0) is 31.6 Å². The Morgan fingerprint density at radius 1 is 1.42 bits per heavy atom. The van der Waals surface area contributed by atoms with Crippen LogP contribution in [-0.2, 0) is 0 Å². The Labute approximate surface area is 115 Å². The minimum atomic E-state index is -0.324. The predicted octanol–water partition coefficient (Wildman–Crippen LogP) is 2.63. The summed E-state index contributed by atoms with van der Waals surface area (Å²) in [7, 11) is 0. The Bertz CT molecular complexity index is 707. The van der Waals surface area contributed by atoms with Crippen molar-refractivity contribution in [3.63, 3.8) is 0 Å². The van der Waals surface area contributed by atoms with Crippen molar-refractivity contribution in [3.8, 4) is 5.82 Å². The standard InChI is InChI=1S/C14H12ClN3O/c1-9-17-11-6-4-5-10(15)13(11)14(19)18(9)12-7-2-3-8-16-12/h2-4,6-8,10H,5H2,1H3. The van der Waals surface area contributed by atoms with Crippen molar-refractivity contribution in [2.75, 3.05) is 0 Å². The largest absolute Gasteiger partial charge is 0.268 e. The Morgan fingerprint density at radius 3 is 3.00 bits per heavy atom. The molecule has 0 N–H and O–H groups in total. The number of allylic oxidation sites excluding steroid dienone is 1. The molecule has 0 spiro atoms. The van der Waals surface area contributed by atoms with Gasteiger partial charge in [-0.2, -0.15) is 0 Å². The van der Waals surface area contributed by atoms with E-state index in [9.17, 15) is 4.79 Å². The van der Waals surface area contributed by atoms with Gasteiger partial charge < -0.3 is 0 Å². The van der Waals surface area contributed by atoms with Crippen LogP contribution in [0.25, 0.3) is 11.9 Å². The lowest BCUT2D eigenvalue weighted by Gasteiger charge is -2.18. The van der Waals surface area contributed by atoms with Gasteiger partial charge in [-0.15, -0.1) is 11.6 Å². The minimum Gasteiger partial charge on any atom is -0.268 e. The third-order valence-electron chi connectivity index (χ3n) is 3.13. The zero-order chi connectivity index (χ0) is 13.4. The first-order valence-corrected chi connectivity index (χ1v) is 6.47. The smallest absolute Gasteiger partial charge is 0.264 e. The third-order valence-corrected chi connectivity index (χ3v) is 3.52. The molecular weight excluding hydrogens is 262 g/mol. The van der Waals surface area contributed by atoms with Crippen LogP contribution < -0.4 is 5.56 Å². The molecular formula is C14H12ClN3O. The first-order chi connectivity index (χ1) is 9.18. The molecule has 1 aliphatic rings. The van der Waals surface area contributed by atoms with Crippen LogP contribution in [0.15, 0.2) is 35.3 Å². The summed E-state index contributed by atoms with van der Waals surface area (Å²) >= 11 is 6.24. The van der Waals surface area contributed by atoms with Gasteiger partial charge in [0.1, 0.15) is 11.6 Å². The van der Waals surface area contributed by atoms with Crippen molar-refractivity contribution < 1.29 is 0 Å². The quantitative estimate of drug-likeness (QED) is 0.751. The van der Waals surface area contributed by atoms with Crippen LogP contribution in [0.3, 0.4) is 0 Å². The van der Waals surface area contributed by atoms with Crippen molar-refractivity contribution in [1.82, 2.24) is 14.5 Å². The van der Waals surface area contributed by atoms with Crippen LogP contribution in [0, 0.1) is 6.92 Å². The zero-order valence-electron chi connectivity index (χ0n) is 10.4. The third kappa shape index (κ3) is 1.98. The van der Waals surface area contributed by atoms with E-state index in [0.717, 1.165) is 0 Å². The van der Waals surface area contributed by atoms with Crippen molar-refractivity contribution in [2.45, 2.75) is 18.7 Å². The predicted molar refractivity (Wildman–Crippen MR) is 74.6 cm³/mol. The number of aryl methyl sites for hydroxylation is 1. The van der Waals surface area contributed by atoms with Gasteiger partial charge in [-0.1, -0.05) is 12.1 Å². The lowest BCUT2D eigenvalue weighted by molar-refractivity contribution is 0.785. The van der Waals surface area contributed by atoms with Crippen LogP contribution >= 0.6 is 11.6 Å². The highest BCUT2D eigenvalue weighted by Crippen LogP contribution is 2.29. The van der Waals surface area contributed by atoms with Crippen molar-refractivity contribution in [2.24, 2.45) is 0 Å². The van der Waals surface area contributed by atoms with Crippen LogP contribution in [0.4, 0.5) is 0 Å². The lowest BCUT2D eigenvalue weighted by Crippen LogP contribution is -2.29. The zero-order valence-corrected chi connectivity index (χ0v) is 11.1. The summed E-state index contributed by atoms with van der Waals surface area (Å²) in [5, 5.41) is -0.324. The summed E-state index contributed by atoms with van der Waals surface area (Å²) in [4.78, 5) is 21.3. The van der Waals surface area contributed by atoms with Crippen LogP contribution in [0.1, 0.15) is 28.9 Å². The molecule has 96 valence electrons. The first-order valence-electron chi connectivity index (χ1n) is 6.04.